The summed E-state index contributed by atoms with van der Waals surface area (Å²) in [6, 6.07) is 31.3. The second-order valence-corrected chi connectivity index (χ2v) is 10.6. The highest BCUT2D eigenvalue weighted by atomic mass is 32.1. The molecule has 6 rings (SSSR count). The Hall–Kier alpha value is -4.27. The second-order valence-electron chi connectivity index (χ2n) is 9.61. The number of hydrogen-bond acceptors (Lipinski definition) is 8. The van der Waals surface area contributed by atoms with Gasteiger partial charge in [-0.1, -0.05) is 59.9 Å². The summed E-state index contributed by atoms with van der Waals surface area (Å²) >= 11 is 1.59. The number of aromatic nitrogens is 3. The summed E-state index contributed by atoms with van der Waals surface area (Å²) in [6.45, 7) is 7.21. The van der Waals surface area contributed by atoms with E-state index in [-0.39, 0.29) is 0 Å². The molecule has 0 spiro atoms. The van der Waals surface area contributed by atoms with Crippen LogP contribution in [0.5, 0.6) is 0 Å². The minimum atomic E-state index is 0.570. The van der Waals surface area contributed by atoms with Crippen LogP contribution >= 0.6 is 11.3 Å². The number of benzene rings is 3. The van der Waals surface area contributed by atoms with Gasteiger partial charge >= 0.3 is 0 Å². The fraction of sp³-hybridized carbons (Fsp3) is 0.194. The maximum atomic E-state index is 4.78. The zero-order valence-corrected chi connectivity index (χ0v) is 22.7. The van der Waals surface area contributed by atoms with Crippen LogP contribution in [0.1, 0.15) is 11.3 Å². The molecule has 3 heterocycles. The lowest BCUT2D eigenvalue weighted by Gasteiger charge is -2.36. The second kappa shape index (κ2) is 11.6. The van der Waals surface area contributed by atoms with Gasteiger partial charge in [-0.05, 0) is 55.0 Å². The predicted octanol–water partition coefficient (Wildman–Crippen LogP) is 6.72. The van der Waals surface area contributed by atoms with Crippen molar-refractivity contribution in [2.24, 2.45) is 0 Å². The fourth-order valence-corrected chi connectivity index (χ4v) is 5.72. The number of thiazole rings is 1. The molecule has 2 aromatic heterocycles. The van der Waals surface area contributed by atoms with Gasteiger partial charge in [-0.25, -0.2) is 15.0 Å². The Morgan fingerprint density at radius 3 is 2.18 bits per heavy atom. The van der Waals surface area contributed by atoms with E-state index >= 15 is 0 Å². The topological polar surface area (TPSA) is 69.2 Å². The van der Waals surface area contributed by atoms with Gasteiger partial charge in [0.1, 0.15) is 0 Å². The number of para-hydroxylation sites is 1. The summed E-state index contributed by atoms with van der Waals surface area (Å²) < 4.78 is 0. The molecule has 0 unspecified atom stereocenters. The maximum Gasteiger partial charge on any atom is 0.227 e. The highest BCUT2D eigenvalue weighted by Crippen LogP contribution is 2.33. The molecule has 8 heteroatoms. The van der Waals surface area contributed by atoms with Crippen molar-refractivity contribution in [1.29, 1.82) is 0 Å². The Bertz CT molecular complexity index is 1500. The van der Waals surface area contributed by atoms with Gasteiger partial charge in [-0.3, -0.25) is 4.90 Å². The number of nitrogens with zero attached hydrogens (tertiary/aromatic N) is 5. The minimum absolute atomic E-state index is 0.570. The number of hydrogen-bond donors (Lipinski definition) is 2. The van der Waals surface area contributed by atoms with Crippen molar-refractivity contribution < 1.29 is 0 Å². The maximum absolute atomic E-state index is 4.78. The van der Waals surface area contributed by atoms with Crippen molar-refractivity contribution in [3.8, 4) is 10.6 Å². The predicted molar refractivity (Wildman–Crippen MR) is 161 cm³/mol. The van der Waals surface area contributed by atoms with E-state index in [4.69, 9.17) is 9.97 Å². The number of aryl methyl sites for hydroxylation is 1. The molecular weight excluding hydrogens is 502 g/mol. The molecule has 0 saturated carbocycles. The van der Waals surface area contributed by atoms with Gasteiger partial charge in [0.2, 0.25) is 5.95 Å². The Morgan fingerprint density at radius 2 is 1.44 bits per heavy atom. The Kier molecular flexibility index (Phi) is 7.47. The van der Waals surface area contributed by atoms with Gasteiger partial charge in [0.25, 0.3) is 0 Å². The zero-order valence-electron chi connectivity index (χ0n) is 21.9. The fourth-order valence-electron chi connectivity index (χ4n) is 4.77. The molecule has 0 amide bonds. The molecule has 0 atom stereocenters. The quantitative estimate of drug-likeness (QED) is 0.229. The van der Waals surface area contributed by atoms with Crippen LogP contribution in [-0.4, -0.2) is 46.0 Å². The van der Waals surface area contributed by atoms with Crippen LogP contribution in [-0.2, 0) is 6.54 Å². The van der Waals surface area contributed by atoms with Crippen molar-refractivity contribution >= 4 is 39.5 Å². The van der Waals surface area contributed by atoms with Gasteiger partial charge < -0.3 is 15.5 Å². The lowest BCUT2D eigenvalue weighted by molar-refractivity contribution is 0.250. The molecule has 1 saturated heterocycles. The molecule has 1 fully saturated rings. The third kappa shape index (κ3) is 6.25. The summed E-state index contributed by atoms with van der Waals surface area (Å²) in [5.41, 5.74) is 6.40. The van der Waals surface area contributed by atoms with Gasteiger partial charge in [0, 0.05) is 56.0 Å². The van der Waals surface area contributed by atoms with Crippen LogP contribution in [0.4, 0.5) is 28.1 Å². The van der Waals surface area contributed by atoms with E-state index in [1.165, 1.54) is 11.3 Å². The van der Waals surface area contributed by atoms with Crippen molar-refractivity contribution in [2.45, 2.75) is 13.5 Å². The number of anilines is 5. The molecule has 0 bridgehead atoms. The molecule has 196 valence electrons. The van der Waals surface area contributed by atoms with E-state index in [0.29, 0.717) is 5.95 Å². The normalized spacial score (nSPS) is 13.8. The van der Waals surface area contributed by atoms with Gasteiger partial charge in [-0.15, -0.1) is 0 Å². The molecule has 2 N–H and O–H groups in total. The molecule has 7 nitrogen and oxygen atoms in total. The average Bonchev–Trinajstić information content (AvgIpc) is 3.35. The van der Waals surface area contributed by atoms with E-state index < -0.39 is 0 Å². The SMILES string of the molecule is Cc1nc(Nc2ccccc2)sc1-c1ccnc(Nc2ccc(N3CCN(Cc4ccccc4)CC3)cc2)n1. The summed E-state index contributed by atoms with van der Waals surface area (Å²) in [5.74, 6) is 0.570. The minimum Gasteiger partial charge on any atom is -0.369 e. The summed E-state index contributed by atoms with van der Waals surface area (Å²) in [6.07, 6.45) is 1.79. The highest BCUT2D eigenvalue weighted by molar-refractivity contribution is 7.19. The monoisotopic (exact) mass is 533 g/mol. The van der Waals surface area contributed by atoms with Crippen molar-refractivity contribution in [3.63, 3.8) is 0 Å². The van der Waals surface area contributed by atoms with E-state index in [0.717, 1.165) is 65.5 Å². The Balaban J connectivity index is 1.07. The lowest BCUT2D eigenvalue weighted by atomic mass is 10.2. The summed E-state index contributed by atoms with van der Waals surface area (Å²) in [4.78, 5) is 19.9. The summed E-state index contributed by atoms with van der Waals surface area (Å²) in [5, 5.41) is 7.59. The average molecular weight is 534 g/mol. The third-order valence-corrected chi connectivity index (χ3v) is 7.92. The molecule has 5 aromatic rings. The molecular formula is C31H31N7S. The van der Waals surface area contributed by atoms with E-state index in [1.54, 1.807) is 17.5 Å². The Labute approximate surface area is 233 Å². The van der Waals surface area contributed by atoms with Gasteiger partial charge in [-0.2, -0.15) is 0 Å². The first-order valence-corrected chi connectivity index (χ1v) is 14.0. The standard InChI is InChI=1S/C31H31N7S/c1-23-29(39-31(33-23)35-25-10-6-3-7-11-25)28-16-17-32-30(36-28)34-26-12-14-27(15-13-26)38-20-18-37(19-21-38)22-24-8-4-2-5-9-24/h2-17H,18-22H2,1H3,(H,33,35)(H,32,34,36). The van der Waals surface area contributed by atoms with E-state index in [2.05, 4.69) is 80.0 Å². The lowest BCUT2D eigenvalue weighted by Crippen LogP contribution is -2.45. The molecule has 39 heavy (non-hydrogen) atoms. The van der Waals surface area contributed by atoms with Crippen LogP contribution in [0.15, 0.2) is 97.2 Å². The van der Waals surface area contributed by atoms with Crippen LogP contribution in [0.2, 0.25) is 0 Å². The van der Waals surface area contributed by atoms with Crippen molar-refractivity contribution in [2.75, 3.05) is 41.7 Å². The third-order valence-electron chi connectivity index (χ3n) is 6.82. The first-order valence-electron chi connectivity index (χ1n) is 13.2. The van der Waals surface area contributed by atoms with Crippen LogP contribution < -0.4 is 15.5 Å². The molecule has 1 aliphatic heterocycles. The molecule has 0 radical (unpaired) electrons. The first-order chi connectivity index (χ1) is 19.2. The number of nitrogens with one attached hydrogen (secondary N) is 2. The van der Waals surface area contributed by atoms with Crippen LogP contribution in [0, 0.1) is 6.92 Å². The van der Waals surface area contributed by atoms with Crippen molar-refractivity contribution in [3.05, 3.63) is 108 Å². The smallest absolute Gasteiger partial charge is 0.227 e. The van der Waals surface area contributed by atoms with Crippen LogP contribution in [0.25, 0.3) is 10.6 Å². The first kappa shape index (κ1) is 25.0. The van der Waals surface area contributed by atoms with Gasteiger partial charge in [0.05, 0.1) is 16.3 Å². The molecule has 0 aliphatic carbocycles. The Morgan fingerprint density at radius 1 is 0.744 bits per heavy atom. The summed E-state index contributed by atoms with van der Waals surface area (Å²) in [7, 11) is 0. The van der Waals surface area contributed by atoms with Gasteiger partial charge in [0.15, 0.2) is 5.13 Å². The zero-order chi connectivity index (χ0) is 26.4. The largest absolute Gasteiger partial charge is 0.369 e. The van der Waals surface area contributed by atoms with Crippen LogP contribution in [0.3, 0.4) is 0 Å². The number of rotatable bonds is 8. The van der Waals surface area contributed by atoms with E-state index in [1.807, 2.05) is 43.3 Å². The molecule has 1 aliphatic rings. The van der Waals surface area contributed by atoms with E-state index in [9.17, 15) is 0 Å². The highest BCUT2D eigenvalue weighted by Gasteiger charge is 2.17. The van der Waals surface area contributed by atoms with Crippen molar-refractivity contribution in [1.82, 2.24) is 19.9 Å². The molecule has 3 aromatic carbocycles. The number of piperazine rings is 1.